The standard InChI is InChI=1S/C4H3BrN3.V/c1-3-4(5)2-6-8-7-3;/h1H3;/q-1;. The van der Waals surface area contributed by atoms with Crippen molar-refractivity contribution in [1.29, 1.82) is 0 Å². The SMILES string of the molecule is Cc1nnn[c-]c1Br.[V]. The molecule has 3 nitrogen and oxygen atoms in total. The summed E-state index contributed by atoms with van der Waals surface area (Å²) >= 11 is 3.17. The van der Waals surface area contributed by atoms with E-state index in [2.05, 4.69) is 37.5 Å². The van der Waals surface area contributed by atoms with Gasteiger partial charge in [-0.1, -0.05) is 33.8 Å². The van der Waals surface area contributed by atoms with E-state index in [0.717, 1.165) is 10.2 Å². The molecule has 0 unspecified atom stereocenters. The molecule has 0 saturated heterocycles. The molecule has 0 spiro atoms. The summed E-state index contributed by atoms with van der Waals surface area (Å²) in [6.07, 6.45) is 2.59. The molecule has 0 aliphatic carbocycles. The minimum Gasteiger partial charge on any atom is -0.246 e. The van der Waals surface area contributed by atoms with Gasteiger partial charge in [0.05, 0.1) is 0 Å². The van der Waals surface area contributed by atoms with Crippen LogP contribution in [0.15, 0.2) is 4.47 Å². The maximum absolute atomic E-state index is 3.64. The summed E-state index contributed by atoms with van der Waals surface area (Å²) < 4.78 is 0.771. The Labute approximate surface area is 73.3 Å². The molecule has 0 aromatic carbocycles. The number of rotatable bonds is 0. The molecule has 1 aromatic heterocycles. The van der Waals surface area contributed by atoms with Gasteiger partial charge in [-0.3, -0.25) is 0 Å². The van der Waals surface area contributed by atoms with Crippen LogP contribution in [0.3, 0.4) is 0 Å². The number of nitrogens with zero attached hydrogens (tertiary/aromatic N) is 3. The quantitative estimate of drug-likeness (QED) is 0.610. The summed E-state index contributed by atoms with van der Waals surface area (Å²) in [4.78, 5) is 0. The van der Waals surface area contributed by atoms with E-state index in [4.69, 9.17) is 0 Å². The summed E-state index contributed by atoms with van der Waals surface area (Å²) in [7, 11) is 0. The Morgan fingerprint density at radius 3 is 2.56 bits per heavy atom. The van der Waals surface area contributed by atoms with Crippen molar-refractivity contribution < 1.29 is 18.6 Å². The van der Waals surface area contributed by atoms with Crippen LogP contribution in [0.25, 0.3) is 0 Å². The van der Waals surface area contributed by atoms with E-state index in [1.165, 1.54) is 0 Å². The summed E-state index contributed by atoms with van der Waals surface area (Å²) in [6.45, 7) is 1.83. The zero-order valence-electron chi connectivity index (χ0n) is 4.67. The second-order valence-electron chi connectivity index (χ2n) is 1.30. The number of aryl methyl sites for hydroxylation is 1. The van der Waals surface area contributed by atoms with Gasteiger partial charge in [0.15, 0.2) is 0 Å². The maximum atomic E-state index is 3.64. The predicted molar refractivity (Wildman–Crippen MR) is 31.1 cm³/mol. The van der Waals surface area contributed by atoms with E-state index in [0.29, 0.717) is 0 Å². The van der Waals surface area contributed by atoms with Crippen LogP contribution in [0.5, 0.6) is 0 Å². The van der Waals surface area contributed by atoms with Gasteiger partial charge in [0.2, 0.25) is 0 Å². The van der Waals surface area contributed by atoms with Gasteiger partial charge >= 0.3 is 0 Å². The summed E-state index contributed by atoms with van der Waals surface area (Å²) in [5.74, 6) is 0. The number of halogens is 1. The van der Waals surface area contributed by atoms with Crippen LogP contribution >= 0.6 is 15.9 Å². The van der Waals surface area contributed by atoms with Crippen LogP contribution in [-0.2, 0) is 18.6 Å². The topological polar surface area (TPSA) is 38.7 Å². The molecule has 47 valence electrons. The zero-order valence-corrected chi connectivity index (χ0v) is 7.65. The third kappa shape index (κ3) is 2.43. The van der Waals surface area contributed by atoms with Crippen LogP contribution < -0.4 is 0 Å². The normalized spacial score (nSPS) is 8.22. The first-order valence-electron chi connectivity index (χ1n) is 2.04. The number of hydrogen-bond donors (Lipinski definition) is 0. The Morgan fingerprint density at radius 2 is 2.22 bits per heavy atom. The fourth-order valence-electron chi connectivity index (χ4n) is 0.281. The fraction of sp³-hybridized carbons (Fsp3) is 0.250. The molecule has 0 aliphatic rings. The number of aromatic nitrogens is 3. The van der Waals surface area contributed by atoms with Gasteiger partial charge in [-0.05, 0) is 0 Å². The monoisotopic (exact) mass is 223 g/mol. The molecule has 0 aliphatic heterocycles. The van der Waals surface area contributed by atoms with Crippen molar-refractivity contribution in [2.75, 3.05) is 0 Å². The van der Waals surface area contributed by atoms with Crippen molar-refractivity contribution >= 4 is 15.9 Å². The molecular formula is C4H3BrN3V-. The Morgan fingerprint density at radius 1 is 1.56 bits per heavy atom. The first kappa shape index (κ1) is 9.07. The van der Waals surface area contributed by atoms with E-state index >= 15 is 0 Å². The molecule has 0 fully saturated rings. The van der Waals surface area contributed by atoms with Crippen LogP contribution in [0.4, 0.5) is 0 Å². The third-order valence-corrected chi connectivity index (χ3v) is 1.46. The van der Waals surface area contributed by atoms with Gasteiger partial charge < -0.3 is 0 Å². The Kier molecular flexibility index (Phi) is 4.01. The minimum absolute atomic E-state index is 0. The minimum atomic E-state index is 0. The molecule has 0 bridgehead atoms. The van der Waals surface area contributed by atoms with E-state index in [1.54, 1.807) is 0 Å². The average molecular weight is 224 g/mol. The molecule has 1 heterocycles. The van der Waals surface area contributed by atoms with Gasteiger partial charge in [-0.2, -0.15) is 0 Å². The van der Waals surface area contributed by atoms with Crippen molar-refractivity contribution in [3.8, 4) is 0 Å². The molecule has 5 heteroatoms. The van der Waals surface area contributed by atoms with E-state index in [1.807, 2.05) is 6.92 Å². The zero-order chi connectivity index (χ0) is 5.98. The third-order valence-electron chi connectivity index (χ3n) is 0.705. The molecule has 1 radical (unpaired) electrons. The van der Waals surface area contributed by atoms with Crippen molar-refractivity contribution in [3.05, 3.63) is 16.4 Å². The van der Waals surface area contributed by atoms with Crippen LogP contribution in [0.2, 0.25) is 0 Å². The molecule has 1 rings (SSSR count). The maximum Gasteiger partial charge on any atom is 0 e. The molecule has 1 aromatic rings. The second-order valence-corrected chi connectivity index (χ2v) is 2.09. The summed E-state index contributed by atoms with van der Waals surface area (Å²) in [5, 5.41) is 10.4. The van der Waals surface area contributed by atoms with Gasteiger partial charge in [-0.15, -0.1) is 10.7 Å². The van der Waals surface area contributed by atoms with Crippen molar-refractivity contribution in [2.24, 2.45) is 0 Å². The largest absolute Gasteiger partial charge is 0.246 e. The first-order chi connectivity index (χ1) is 3.80. The first-order valence-corrected chi connectivity index (χ1v) is 2.83. The van der Waals surface area contributed by atoms with Crippen molar-refractivity contribution in [1.82, 2.24) is 15.4 Å². The van der Waals surface area contributed by atoms with Gasteiger partial charge in [-0.25, -0.2) is 10.2 Å². The molecule has 0 N–H and O–H groups in total. The van der Waals surface area contributed by atoms with E-state index in [-0.39, 0.29) is 18.6 Å². The molecule has 0 amide bonds. The molecule has 0 saturated carbocycles. The second kappa shape index (κ2) is 3.98. The Bertz CT molecular complexity index is 172. The number of hydrogen-bond acceptors (Lipinski definition) is 3. The Balaban J connectivity index is 0.000000640. The fourth-order valence-corrected chi connectivity index (χ4v) is 0.439. The summed E-state index contributed by atoms with van der Waals surface area (Å²) in [6, 6.07) is 0. The average Bonchev–Trinajstić information content (AvgIpc) is 1.77. The summed E-state index contributed by atoms with van der Waals surface area (Å²) in [5.41, 5.74) is 0.806. The molecular weight excluding hydrogens is 221 g/mol. The molecule has 0 atom stereocenters. The van der Waals surface area contributed by atoms with Crippen molar-refractivity contribution in [3.63, 3.8) is 0 Å². The Hall–Kier alpha value is 0.0744. The van der Waals surface area contributed by atoms with Crippen molar-refractivity contribution in [2.45, 2.75) is 6.92 Å². The predicted octanol–water partition coefficient (Wildman–Crippen LogP) is 0.740. The van der Waals surface area contributed by atoms with Gasteiger partial charge in [0, 0.05) is 18.6 Å². The van der Waals surface area contributed by atoms with Crippen LogP contribution in [0, 0.1) is 13.1 Å². The van der Waals surface area contributed by atoms with Crippen LogP contribution in [-0.4, -0.2) is 15.4 Å². The van der Waals surface area contributed by atoms with E-state index in [9.17, 15) is 0 Å². The molecule has 9 heavy (non-hydrogen) atoms. The van der Waals surface area contributed by atoms with Gasteiger partial charge in [0.25, 0.3) is 0 Å². The smallest absolute Gasteiger partial charge is 0 e. The van der Waals surface area contributed by atoms with Crippen LogP contribution in [0.1, 0.15) is 5.69 Å². The van der Waals surface area contributed by atoms with Gasteiger partial charge in [0.1, 0.15) is 0 Å². The van der Waals surface area contributed by atoms with E-state index < -0.39 is 0 Å².